The highest BCUT2D eigenvalue weighted by molar-refractivity contribution is 7.21. The van der Waals surface area contributed by atoms with E-state index in [4.69, 9.17) is 5.21 Å². The van der Waals surface area contributed by atoms with Crippen LogP contribution < -0.4 is 10.6 Å². The molecule has 138 valence electrons. The molecule has 0 aliphatic heterocycles. The number of hydrogen-bond donors (Lipinski definition) is 3. The van der Waals surface area contributed by atoms with Crippen LogP contribution in [-0.4, -0.2) is 27.9 Å². The number of carbonyl (C=O) groups is 1. The van der Waals surface area contributed by atoms with Gasteiger partial charge in [-0.2, -0.15) is 0 Å². The van der Waals surface area contributed by atoms with Crippen LogP contribution in [0.2, 0.25) is 0 Å². The predicted molar refractivity (Wildman–Crippen MR) is 109 cm³/mol. The van der Waals surface area contributed by atoms with Crippen LogP contribution in [0.25, 0.3) is 10.1 Å². The number of benzene rings is 1. The van der Waals surface area contributed by atoms with Gasteiger partial charge in [-0.1, -0.05) is 11.2 Å². The Kier molecular flexibility index (Phi) is 4.53. The van der Waals surface area contributed by atoms with Crippen molar-refractivity contribution in [1.29, 1.82) is 0 Å². The number of aromatic nitrogens is 1. The van der Waals surface area contributed by atoms with Crippen LogP contribution in [0.15, 0.2) is 41.8 Å². The molecule has 0 unspecified atom stereocenters. The van der Waals surface area contributed by atoms with Crippen LogP contribution >= 0.6 is 11.3 Å². The van der Waals surface area contributed by atoms with Gasteiger partial charge in [-0.15, -0.1) is 11.3 Å². The molecule has 27 heavy (non-hydrogen) atoms. The normalized spacial score (nSPS) is 14.7. The molecule has 0 spiro atoms. The molecule has 6 nitrogen and oxygen atoms in total. The minimum Gasteiger partial charge on any atom is -0.411 e. The Morgan fingerprint density at radius 1 is 1.30 bits per heavy atom. The highest BCUT2D eigenvalue weighted by Crippen LogP contribution is 2.38. The quantitative estimate of drug-likeness (QED) is 0.465. The molecule has 0 bridgehead atoms. The number of rotatable bonds is 4. The fraction of sp³-hybridized carbons (Fsp3) is 0.250. The topological polar surface area (TPSA) is 86.6 Å². The number of amides is 1. The van der Waals surface area contributed by atoms with E-state index in [0.29, 0.717) is 4.88 Å². The Morgan fingerprint density at radius 3 is 2.93 bits per heavy atom. The van der Waals surface area contributed by atoms with Crippen molar-refractivity contribution >= 4 is 44.4 Å². The zero-order valence-corrected chi connectivity index (χ0v) is 15.9. The maximum absolute atomic E-state index is 12.7. The van der Waals surface area contributed by atoms with E-state index < -0.39 is 0 Å². The zero-order chi connectivity index (χ0) is 19.0. The summed E-state index contributed by atoms with van der Waals surface area (Å²) in [5.41, 5.74) is 4.55. The number of oxime groups is 1. The van der Waals surface area contributed by atoms with Crippen molar-refractivity contribution in [3.63, 3.8) is 0 Å². The van der Waals surface area contributed by atoms with Gasteiger partial charge in [0.2, 0.25) is 0 Å². The molecule has 3 aromatic rings. The summed E-state index contributed by atoms with van der Waals surface area (Å²) in [6.07, 6.45) is 5.10. The van der Waals surface area contributed by atoms with E-state index in [9.17, 15) is 4.79 Å². The van der Waals surface area contributed by atoms with Crippen LogP contribution in [0.3, 0.4) is 0 Å². The van der Waals surface area contributed by atoms with E-state index in [-0.39, 0.29) is 11.9 Å². The smallest absolute Gasteiger partial charge is 0.263 e. The molecule has 1 aromatic carbocycles. The third kappa shape index (κ3) is 3.26. The zero-order valence-electron chi connectivity index (χ0n) is 15.1. The van der Waals surface area contributed by atoms with Gasteiger partial charge in [0.05, 0.1) is 16.1 Å². The van der Waals surface area contributed by atoms with Crippen LogP contribution in [-0.2, 0) is 6.42 Å². The highest BCUT2D eigenvalue weighted by atomic mass is 32.1. The molecule has 1 aliphatic rings. The van der Waals surface area contributed by atoms with Crippen LogP contribution in [0.4, 0.5) is 11.4 Å². The Morgan fingerprint density at radius 2 is 2.15 bits per heavy atom. The van der Waals surface area contributed by atoms with Crippen molar-refractivity contribution in [1.82, 2.24) is 10.3 Å². The van der Waals surface area contributed by atoms with E-state index in [0.717, 1.165) is 51.1 Å². The van der Waals surface area contributed by atoms with E-state index in [2.05, 4.69) is 26.8 Å². The van der Waals surface area contributed by atoms with E-state index in [1.54, 1.807) is 12.4 Å². The van der Waals surface area contributed by atoms with Crippen LogP contribution in [0.5, 0.6) is 0 Å². The Labute approximate surface area is 160 Å². The second-order valence-electron chi connectivity index (χ2n) is 6.85. The van der Waals surface area contributed by atoms with Gasteiger partial charge in [0.25, 0.3) is 5.91 Å². The summed E-state index contributed by atoms with van der Waals surface area (Å²) in [4.78, 5) is 17.5. The van der Waals surface area contributed by atoms with E-state index in [1.807, 2.05) is 32.0 Å². The van der Waals surface area contributed by atoms with Crippen molar-refractivity contribution < 1.29 is 10.0 Å². The molecular formula is C20H20N4O2S. The largest absolute Gasteiger partial charge is 0.411 e. The van der Waals surface area contributed by atoms with Crippen LogP contribution in [0, 0.1) is 0 Å². The maximum Gasteiger partial charge on any atom is 0.263 e. The van der Waals surface area contributed by atoms with Gasteiger partial charge < -0.3 is 15.8 Å². The number of nitrogens with one attached hydrogen (secondary N) is 2. The summed E-state index contributed by atoms with van der Waals surface area (Å²) in [6.45, 7) is 3.89. The van der Waals surface area contributed by atoms with Crippen molar-refractivity contribution in [3.05, 3.63) is 52.7 Å². The lowest BCUT2D eigenvalue weighted by Gasteiger charge is -2.12. The van der Waals surface area contributed by atoms with Crippen LogP contribution in [0.1, 0.15) is 41.1 Å². The first kappa shape index (κ1) is 17.5. The third-order valence-electron chi connectivity index (χ3n) is 4.56. The van der Waals surface area contributed by atoms with E-state index in [1.165, 1.54) is 11.3 Å². The number of hydrogen-bond acceptors (Lipinski definition) is 6. The lowest BCUT2D eigenvalue weighted by Crippen LogP contribution is -2.29. The van der Waals surface area contributed by atoms with Crippen molar-refractivity contribution in [3.8, 4) is 0 Å². The number of nitrogens with zero attached hydrogens (tertiary/aromatic N) is 2. The first-order valence-corrected chi connectivity index (χ1v) is 9.67. The third-order valence-corrected chi connectivity index (χ3v) is 5.70. The summed E-state index contributed by atoms with van der Waals surface area (Å²) >= 11 is 1.43. The molecule has 0 fully saturated rings. The number of fused-ring (bicyclic) bond motifs is 2. The second kappa shape index (κ2) is 7.00. The fourth-order valence-corrected chi connectivity index (χ4v) is 4.39. The molecule has 1 amide bonds. The molecule has 0 radical (unpaired) electrons. The Hall–Kier alpha value is -2.93. The highest BCUT2D eigenvalue weighted by Gasteiger charge is 2.21. The predicted octanol–water partition coefficient (Wildman–Crippen LogP) is 4.30. The average Bonchev–Trinajstić information content (AvgIpc) is 3.22. The van der Waals surface area contributed by atoms with Gasteiger partial charge in [-0.25, -0.2) is 0 Å². The first-order chi connectivity index (χ1) is 13.1. The summed E-state index contributed by atoms with van der Waals surface area (Å²) in [6, 6.07) is 7.95. The standard InChI is InChI=1S/C20H20N4O2S/c1-11(2)22-20(25)19-18(15-7-8-21-10-17(15)27-19)23-13-4-5-14-12(9-13)3-6-16(14)24-26/h4-5,7-11,23,26H,3,6H2,1-2H3,(H,22,25). The first-order valence-electron chi connectivity index (χ1n) is 8.85. The molecule has 2 aromatic heterocycles. The molecule has 1 aliphatic carbocycles. The van der Waals surface area contributed by atoms with Gasteiger partial charge in [0.1, 0.15) is 4.88 Å². The maximum atomic E-state index is 12.7. The number of anilines is 2. The molecule has 2 heterocycles. The SMILES string of the molecule is CC(C)NC(=O)c1sc2cnccc2c1Nc1ccc2c(c1)CCC2=NO. The van der Waals surface area contributed by atoms with Gasteiger partial charge >= 0.3 is 0 Å². The number of carbonyl (C=O) groups excluding carboxylic acids is 1. The Bertz CT molecular complexity index is 1060. The summed E-state index contributed by atoms with van der Waals surface area (Å²) in [5, 5.41) is 19.9. The molecule has 7 heteroatoms. The average molecular weight is 380 g/mol. The molecular weight excluding hydrogens is 360 g/mol. The van der Waals surface area contributed by atoms with Crippen molar-refractivity contribution in [2.45, 2.75) is 32.7 Å². The number of thiophene rings is 1. The fourth-order valence-electron chi connectivity index (χ4n) is 3.36. The Balaban J connectivity index is 1.74. The molecule has 4 rings (SSSR count). The molecule has 3 N–H and O–H groups in total. The molecule has 0 atom stereocenters. The molecule has 0 saturated carbocycles. The molecule has 0 saturated heterocycles. The van der Waals surface area contributed by atoms with Gasteiger partial charge in [0.15, 0.2) is 0 Å². The number of aryl methyl sites for hydroxylation is 1. The monoisotopic (exact) mass is 380 g/mol. The van der Waals surface area contributed by atoms with Crippen molar-refractivity contribution in [2.75, 3.05) is 5.32 Å². The number of pyridine rings is 1. The van der Waals surface area contributed by atoms with E-state index >= 15 is 0 Å². The second-order valence-corrected chi connectivity index (χ2v) is 7.90. The van der Waals surface area contributed by atoms with Gasteiger partial charge in [-0.05, 0) is 50.5 Å². The van der Waals surface area contributed by atoms with Gasteiger partial charge in [-0.3, -0.25) is 9.78 Å². The summed E-state index contributed by atoms with van der Waals surface area (Å²) in [7, 11) is 0. The lowest BCUT2D eigenvalue weighted by molar-refractivity contribution is 0.0948. The summed E-state index contributed by atoms with van der Waals surface area (Å²) in [5.74, 6) is -0.0930. The minimum atomic E-state index is -0.0930. The summed E-state index contributed by atoms with van der Waals surface area (Å²) < 4.78 is 0.963. The minimum absolute atomic E-state index is 0.0601. The van der Waals surface area contributed by atoms with Crippen molar-refractivity contribution in [2.24, 2.45) is 5.16 Å². The van der Waals surface area contributed by atoms with Gasteiger partial charge in [0, 0.05) is 35.1 Å². The lowest BCUT2D eigenvalue weighted by atomic mass is 10.1.